The predicted octanol–water partition coefficient (Wildman–Crippen LogP) is 1.82. The standard InChI is InChI=1S/C14H23NO3S/c16-14(13-7-4-10-19(17,18)11-13)15-9-8-12-5-2-1-3-6-12/h5,13H,1-4,6-11H2,(H,15,16). The predicted molar refractivity (Wildman–Crippen MR) is 75.6 cm³/mol. The fraction of sp³-hybridized carbons (Fsp3) is 0.786. The monoisotopic (exact) mass is 285 g/mol. The lowest BCUT2D eigenvalue weighted by atomic mass is 9.97. The molecule has 1 saturated heterocycles. The minimum Gasteiger partial charge on any atom is -0.356 e. The molecule has 108 valence electrons. The first kappa shape index (κ1) is 14.6. The molecule has 1 unspecified atom stereocenters. The number of carbonyl (C=O) groups excluding carboxylic acids is 1. The number of hydrogen-bond donors (Lipinski definition) is 1. The zero-order chi connectivity index (χ0) is 13.7. The van der Waals surface area contributed by atoms with Gasteiger partial charge in [0, 0.05) is 6.54 Å². The normalized spacial score (nSPS) is 26.5. The third-order valence-corrected chi connectivity index (χ3v) is 5.79. The molecule has 19 heavy (non-hydrogen) atoms. The highest BCUT2D eigenvalue weighted by Gasteiger charge is 2.29. The number of allylic oxidation sites excluding steroid dienone is 1. The molecular weight excluding hydrogens is 262 g/mol. The lowest BCUT2D eigenvalue weighted by molar-refractivity contribution is -0.124. The van der Waals surface area contributed by atoms with E-state index in [1.807, 2.05) is 0 Å². The number of carbonyl (C=O) groups is 1. The maximum atomic E-state index is 11.9. The zero-order valence-corrected chi connectivity index (χ0v) is 12.2. The molecule has 1 aliphatic carbocycles. The van der Waals surface area contributed by atoms with Crippen LogP contribution in [-0.2, 0) is 14.6 Å². The Kier molecular flexibility index (Phi) is 5.02. The molecule has 1 fully saturated rings. The van der Waals surface area contributed by atoms with E-state index in [4.69, 9.17) is 0 Å². The molecule has 0 aromatic heterocycles. The minimum absolute atomic E-state index is 0.0293. The smallest absolute Gasteiger partial charge is 0.224 e. The van der Waals surface area contributed by atoms with Crippen LogP contribution in [0.2, 0.25) is 0 Å². The van der Waals surface area contributed by atoms with Gasteiger partial charge < -0.3 is 5.32 Å². The number of hydrogen-bond acceptors (Lipinski definition) is 3. The summed E-state index contributed by atoms with van der Waals surface area (Å²) in [5.41, 5.74) is 1.43. The van der Waals surface area contributed by atoms with Crippen LogP contribution >= 0.6 is 0 Å². The van der Waals surface area contributed by atoms with Crippen LogP contribution < -0.4 is 5.32 Å². The van der Waals surface area contributed by atoms with Crippen molar-refractivity contribution >= 4 is 15.7 Å². The van der Waals surface area contributed by atoms with Crippen LogP contribution in [0.5, 0.6) is 0 Å². The Bertz CT molecular complexity index is 453. The lowest BCUT2D eigenvalue weighted by Crippen LogP contribution is -2.38. The molecule has 0 aromatic rings. The molecule has 5 heteroatoms. The van der Waals surface area contributed by atoms with E-state index >= 15 is 0 Å². The van der Waals surface area contributed by atoms with Gasteiger partial charge in [-0.05, 0) is 44.9 Å². The topological polar surface area (TPSA) is 63.2 Å². The Morgan fingerprint density at radius 3 is 2.84 bits per heavy atom. The Balaban J connectivity index is 1.73. The summed E-state index contributed by atoms with van der Waals surface area (Å²) in [6.45, 7) is 0.640. The van der Waals surface area contributed by atoms with Crippen molar-refractivity contribution in [1.29, 1.82) is 0 Å². The van der Waals surface area contributed by atoms with Gasteiger partial charge in [-0.1, -0.05) is 11.6 Å². The van der Waals surface area contributed by atoms with E-state index < -0.39 is 9.84 Å². The van der Waals surface area contributed by atoms with Crippen LogP contribution in [0, 0.1) is 5.92 Å². The lowest BCUT2D eigenvalue weighted by Gasteiger charge is -2.21. The molecule has 1 aliphatic heterocycles. The first-order valence-electron chi connectivity index (χ1n) is 7.23. The molecule has 1 heterocycles. The van der Waals surface area contributed by atoms with Gasteiger partial charge in [-0.15, -0.1) is 0 Å². The van der Waals surface area contributed by atoms with Crippen molar-refractivity contribution < 1.29 is 13.2 Å². The molecule has 4 nitrogen and oxygen atoms in total. The molecule has 1 N–H and O–H groups in total. The van der Waals surface area contributed by atoms with E-state index in [-0.39, 0.29) is 23.3 Å². The van der Waals surface area contributed by atoms with Crippen molar-refractivity contribution in [3.63, 3.8) is 0 Å². The van der Waals surface area contributed by atoms with Crippen LogP contribution in [0.3, 0.4) is 0 Å². The summed E-state index contributed by atoms with van der Waals surface area (Å²) in [6, 6.07) is 0. The Hall–Kier alpha value is -0.840. The minimum atomic E-state index is -2.99. The van der Waals surface area contributed by atoms with Gasteiger partial charge in [0.05, 0.1) is 17.4 Å². The fourth-order valence-corrected chi connectivity index (χ4v) is 4.56. The van der Waals surface area contributed by atoms with Crippen molar-refractivity contribution in [2.75, 3.05) is 18.1 Å². The highest BCUT2D eigenvalue weighted by Crippen LogP contribution is 2.20. The van der Waals surface area contributed by atoms with Gasteiger partial charge in [0.25, 0.3) is 0 Å². The van der Waals surface area contributed by atoms with Crippen LogP contribution in [0.25, 0.3) is 0 Å². The second-order valence-electron chi connectivity index (χ2n) is 5.60. The summed E-state index contributed by atoms with van der Waals surface area (Å²) in [5, 5.41) is 2.89. The zero-order valence-electron chi connectivity index (χ0n) is 11.4. The van der Waals surface area contributed by atoms with Gasteiger partial charge in [-0.2, -0.15) is 0 Å². The van der Waals surface area contributed by atoms with Crippen molar-refractivity contribution in [3.8, 4) is 0 Å². The highest BCUT2D eigenvalue weighted by atomic mass is 32.2. The van der Waals surface area contributed by atoms with E-state index in [1.165, 1.54) is 18.4 Å². The second-order valence-corrected chi connectivity index (χ2v) is 7.83. The molecule has 0 radical (unpaired) electrons. The van der Waals surface area contributed by atoms with E-state index in [1.54, 1.807) is 0 Å². The molecule has 2 aliphatic rings. The molecule has 0 aromatic carbocycles. The van der Waals surface area contributed by atoms with Gasteiger partial charge in [0.2, 0.25) is 5.91 Å². The summed E-state index contributed by atoms with van der Waals surface area (Å²) in [5.74, 6) is -0.149. The summed E-state index contributed by atoms with van der Waals surface area (Å²) in [7, 11) is -2.99. The van der Waals surface area contributed by atoms with E-state index in [0.29, 0.717) is 19.4 Å². The van der Waals surface area contributed by atoms with E-state index in [2.05, 4.69) is 11.4 Å². The Morgan fingerprint density at radius 1 is 1.32 bits per heavy atom. The van der Waals surface area contributed by atoms with Gasteiger partial charge in [-0.3, -0.25) is 4.79 Å². The number of amides is 1. The number of sulfone groups is 1. The summed E-state index contributed by atoms with van der Waals surface area (Å²) in [6.07, 6.45) is 9.33. The Labute approximate surface area is 115 Å². The molecule has 2 rings (SSSR count). The molecule has 1 amide bonds. The number of nitrogens with one attached hydrogen (secondary N) is 1. The molecule has 1 atom stereocenters. The molecule has 0 saturated carbocycles. The van der Waals surface area contributed by atoms with Gasteiger partial charge in [0.1, 0.15) is 0 Å². The van der Waals surface area contributed by atoms with Crippen LogP contribution in [0.15, 0.2) is 11.6 Å². The van der Waals surface area contributed by atoms with Crippen LogP contribution in [0.4, 0.5) is 0 Å². The second kappa shape index (κ2) is 6.55. The SMILES string of the molecule is O=C(NCCC1=CCCCC1)C1CCCS(=O)(=O)C1. The quantitative estimate of drug-likeness (QED) is 0.801. The largest absolute Gasteiger partial charge is 0.356 e. The summed E-state index contributed by atoms with van der Waals surface area (Å²) >= 11 is 0. The highest BCUT2D eigenvalue weighted by molar-refractivity contribution is 7.91. The first-order valence-corrected chi connectivity index (χ1v) is 9.05. The van der Waals surface area contributed by atoms with Crippen LogP contribution in [-0.4, -0.2) is 32.4 Å². The number of rotatable bonds is 4. The summed E-state index contributed by atoms with van der Waals surface area (Å²) in [4.78, 5) is 11.9. The molecule has 0 bridgehead atoms. The maximum absolute atomic E-state index is 11.9. The van der Waals surface area contributed by atoms with Crippen molar-refractivity contribution in [2.24, 2.45) is 5.92 Å². The van der Waals surface area contributed by atoms with Gasteiger partial charge >= 0.3 is 0 Å². The van der Waals surface area contributed by atoms with E-state index in [0.717, 1.165) is 19.3 Å². The van der Waals surface area contributed by atoms with Crippen molar-refractivity contribution in [2.45, 2.75) is 44.9 Å². The van der Waals surface area contributed by atoms with Crippen LogP contribution in [0.1, 0.15) is 44.9 Å². The average molecular weight is 285 g/mol. The van der Waals surface area contributed by atoms with Crippen molar-refractivity contribution in [3.05, 3.63) is 11.6 Å². The van der Waals surface area contributed by atoms with Crippen molar-refractivity contribution in [1.82, 2.24) is 5.32 Å². The molecule has 0 spiro atoms. The molecular formula is C14H23NO3S. The fourth-order valence-electron chi connectivity index (χ4n) is 2.85. The average Bonchev–Trinajstić information content (AvgIpc) is 2.38. The van der Waals surface area contributed by atoms with E-state index in [9.17, 15) is 13.2 Å². The van der Waals surface area contributed by atoms with Gasteiger partial charge in [0.15, 0.2) is 9.84 Å². The maximum Gasteiger partial charge on any atom is 0.224 e. The third kappa shape index (κ3) is 4.64. The first-order chi connectivity index (χ1) is 9.07. The summed E-state index contributed by atoms with van der Waals surface area (Å²) < 4.78 is 23.0. The third-order valence-electron chi connectivity index (χ3n) is 3.96. The van der Waals surface area contributed by atoms with Gasteiger partial charge in [-0.25, -0.2) is 8.42 Å². The Morgan fingerprint density at radius 2 is 2.16 bits per heavy atom.